The molecule has 0 aliphatic carbocycles. The molecule has 1 amide bonds. The van der Waals surface area contributed by atoms with Crippen LogP contribution in [0.2, 0.25) is 0 Å². The Balaban J connectivity index is 2.08. The molecule has 0 atom stereocenters. The molecule has 0 saturated heterocycles. The molecule has 2 rings (SSSR count). The average molecular weight is 295 g/mol. The molecule has 5 heteroatoms. The molecular weight excluding hydrogens is 276 g/mol. The molecule has 0 fully saturated rings. The van der Waals surface area contributed by atoms with Crippen LogP contribution >= 0.6 is 0 Å². The first kappa shape index (κ1) is 15.5. The van der Waals surface area contributed by atoms with Gasteiger partial charge in [-0.2, -0.15) is 0 Å². The highest BCUT2D eigenvalue weighted by molar-refractivity contribution is 5.73. The van der Waals surface area contributed by atoms with Crippen LogP contribution in [-0.4, -0.2) is 29.7 Å². The third-order valence-electron chi connectivity index (χ3n) is 3.14. The minimum absolute atomic E-state index is 0.263. The van der Waals surface area contributed by atoms with E-state index in [-0.39, 0.29) is 5.56 Å². The summed E-state index contributed by atoms with van der Waals surface area (Å²) in [6.45, 7) is 6.17. The first-order chi connectivity index (χ1) is 9.76. The summed E-state index contributed by atoms with van der Waals surface area (Å²) in [6, 6.07) is 3.39. The van der Waals surface area contributed by atoms with Gasteiger partial charge in [0.25, 0.3) is 0 Å². The number of rotatable bonds is 1. The van der Waals surface area contributed by atoms with E-state index in [4.69, 9.17) is 4.74 Å². The highest BCUT2D eigenvalue weighted by Gasteiger charge is 2.24. The predicted molar refractivity (Wildman–Crippen MR) is 76.8 cm³/mol. The van der Waals surface area contributed by atoms with Crippen molar-refractivity contribution in [3.8, 4) is 0 Å². The zero-order chi connectivity index (χ0) is 15.6. The van der Waals surface area contributed by atoms with E-state index in [2.05, 4.69) is 0 Å². The fourth-order valence-corrected chi connectivity index (χ4v) is 2.15. The van der Waals surface area contributed by atoms with E-state index in [9.17, 15) is 13.6 Å². The van der Waals surface area contributed by atoms with Gasteiger partial charge in [0.1, 0.15) is 17.2 Å². The number of amides is 1. The normalized spacial score (nSPS) is 15.7. The molecule has 0 N–H and O–H groups in total. The largest absolute Gasteiger partial charge is 0.444 e. The van der Waals surface area contributed by atoms with Gasteiger partial charge in [0.2, 0.25) is 0 Å². The summed E-state index contributed by atoms with van der Waals surface area (Å²) < 4.78 is 32.2. The van der Waals surface area contributed by atoms with E-state index in [1.807, 2.05) is 0 Å². The number of ether oxygens (including phenoxy) is 1. The van der Waals surface area contributed by atoms with Crippen molar-refractivity contribution in [1.82, 2.24) is 4.90 Å². The van der Waals surface area contributed by atoms with Crippen LogP contribution in [0.25, 0.3) is 5.57 Å². The van der Waals surface area contributed by atoms with Crippen LogP contribution in [-0.2, 0) is 4.74 Å². The number of carbonyl (C=O) groups is 1. The lowest BCUT2D eigenvalue weighted by atomic mass is 9.99. The molecule has 114 valence electrons. The van der Waals surface area contributed by atoms with Crippen LogP contribution in [0.4, 0.5) is 13.6 Å². The second-order valence-electron chi connectivity index (χ2n) is 6.03. The summed E-state index contributed by atoms with van der Waals surface area (Å²) in [5, 5.41) is 0. The highest BCUT2D eigenvalue weighted by atomic mass is 19.1. The van der Waals surface area contributed by atoms with E-state index < -0.39 is 23.3 Å². The second-order valence-corrected chi connectivity index (χ2v) is 6.03. The summed E-state index contributed by atoms with van der Waals surface area (Å²) in [5.41, 5.74) is 0.432. The molecule has 21 heavy (non-hydrogen) atoms. The smallest absolute Gasteiger partial charge is 0.410 e. The molecule has 1 heterocycles. The Morgan fingerprint density at radius 2 is 2.00 bits per heavy atom. The third-order valence-corrected chi connectivity index (χ3v) is 3.14. The van der Waals surface area contributed by atoms with E-state index in [0.29, 0.717) is 25.1 Å². The highest BCUT2D eigenvalue weighted by Crippen LogP contribution is 2.26. The molecule has 1 aliphatic rings. The minimum atomic E-state index is -0.546. The summed E-state index contributed by atoms with van der Waals surface area (Å²) in [5.74, 6) is -0.921. The molecule has 0 bridgehead atoms. The van der Waals surface area contributed by atoms with Crippen LogP contribution in [0.1, 0.15) is 32.8 Å². The lowest BCUT2D eigenvalue weighted by Crippen LogP contribution is -2.39. The van der Waals surface area contributed by atoms with Gasteiger partial charge in [-0.3, -0.25) is 0 Å². The van der Waals surface area contributed by atoms with E-state index >= 15 is 0 Å². The fourth-order valence-electron chi connectivity index (χ4n) is 2.15. The predicted octanol–water partition coefficient (Wildman–Crippen LogP) is 3.99. The monoisotopic (exact) mass is 295 g/mol. The molecule has 1 aromatic rings. The molecular formula is C16H19F2NO2. The molecule has 0 aromatic heterocycles. The van der Waals surface area contributed by atoms with Gasteiger partial charge < -0.3 is 9.64 Å². The van der Waals surface area contributed by atoms with E-state index in [0.717, 1.165) is 12.1 Å². The molecule has 0 radical (unpaired) electrons. The number of hydrogen-bond donors (Lipinski definition) is 0. The van der Waals surface area contributed by atoms with Crippen molar-refractivity contribution in [3.63, 3.8) is 0 Å². The van der Waals surface area contributed by atoms with Crippen LogP contribution in [0, 0.1) is 11.6 Å². The molecule has 1 aliphatic heterocycles. The Morgan fingerprint density at radius 1 is 1.29 bits per heavy atom. The summed E-state index contributed by atoms with van der Waals surface area (Å²) in [7, 11) is 0. The number of hydrogen-bond acceptors (Lipinski definition) is 2. The van der Waals surface area contributed by atoms with Crippen LogP contribution < -0.4 is 0 Å². The van der Waals surface area contributed by atoms with Crippen molar-refractivity contribution in [3.05, 3.63) is 41.5 Å². The minimum Gasteiger partial charge on any atom is -0.444 e. The van der Waals surface area contributed by atoms with Gasteiger partial charge in [0.15, 0.2) is 0 Å². The maximum Gasteiger partial charge on any atom is 0.410 e. The van der Waals surface area contributed by atoms with Crippen molar-refractivity contribution >= 4 is 11.7 Å². The Morgan fingerprint density at radius 3 is 2.57 bits per heavy atom. The molecule has 0 spiro atoms. The van der Waals surface area contributed by atoms with Gasteiger partial charge in [0.05, 0.1) is 0 Å². The van der Waals surface area contributed by atoms with Gasteiger partial charge in [0, 0.05) is 18.7 Å². The molecule has 3 nitrogen and oxygen atoms in total. The topological polar surface area (TPSA) is 29.5 Å². The summed E-state index contributed by atoms with van der Waals surface area (Å²) in [4.78, 5) is 13.5. The third kappa shape index (κ3) is 4.03. The lowest BCUT2D eigenvalue weighted by Gasteiger charge is -2.29. The van der Waals surface area contributed by atoms with Crippen molar-refractivity contribution < 1.29 is 18.3 Å². The van der Waals surface area contributed by atoms with Crippen molar-refractivity contribution in [2.24, 2.45) is 0 Å². The number of nitrogens with zero attached hydrogens (tertiary/aromatic N) is 1. The van der Waals surface area contributed by atoms with Gasteiger partial charge in [-0.1, -0.05) is 6.08 Å². The van der Waals surface area contributed by atoms with Gasteiger partial charge in [-0.25, -0.2) is 13.6 Å². The molecule has 1 aromatic carbocycles. The molecule has 0 unspecified atom stereocenters. The van der Waals surface area contributed by atoms with Crippen molar-refractivity contribution in [1.29, 1.82) is 0 Å². The van der Waals surface area contributed by atoms with Gasteiger partial charge in [-0.05, 0) is 51.0 Å². The first-order valence-electron chi connectivity index (χ1n) is 6.88. The Hall–Kier alpha value is -1.91. The fraction of sp³-hybridized carbons (Fsp3) is 0.438. The SMILES string of the molecule is CC(C)(C)OC(=O)N1CC=C(c2cc(F)ccc2F)CC1. The number of halogens is 2. The van der Waals surface area contributed by atoms with Crippen molar-refractivity contribution in [2.45, 2.75) is 32.8 Å². The maximum atomic E-state index is 13.7. The van der Waals surface area contributed by atoms with Gasteiger partial charge >= 0.3 is 6.09 Å². The Labute approximate surface area is 123 Å². The number of benzene rings is 1. The van der Waals surface area contributed by atoms with Crippen LogP contribution in [0.3, 0.4) is 0 Å². The zero-order valence-electron chi connectivity index (χ0n) is 12.5. The maximum absolute atomic E-state index is 13.7. The number of carbonyl (C=O) groups excluding carboxylic acids is 1. The van der Waals surface area contributed by atoms with E-state index in [1.54, 1.807) is 31.7 Å². The van der Waals surface area contributed by atoms with Gasteiger partial charge in [-0.15, -0.1) is 0 Å². The second kappa shape index (κ2) is 5.84. The Kier molecular flexibility index (Phi) is 4.30. The Bertz CT molecular complexity index is 576. The van der Waals surface area contributed by atoms with Crippen LogP contribution in [0.5, 0.6) is 0 Å². The average Bonchev–Trinajstić information content (AvgIpc) is 2.40. The van der Waals surface area contributed by atoms with E-state index in [1.165, 1.54) is 6.07 Å². The van der Waals surface area contributed by atoms with Crippen molar-refractivity contribution in [2.75, 3.05) is 13.1 Å². The first-order valence-corrected chi connectivity index (χ1v) is 6.88. The standard InChI is InChI=1S/C16H19F2NO2/c1-16(2,3)21-15(20)19-8-6-11(7-9-19)13-10-12(17)4-5-14(13)18/h4-6,10H,7-9H2,1-3H3. The zero-order valence-corrected chi connectivity index (χ0v) is 12.5. The molecule has 0 saturated carbocycles. The summed E-state index contributed by atoms with van der Waals surface area (Å²) >= 11 is 0. The lowest BCUT2D eigenvalue weighted by molar-refractivity contribution is 0.0270. The quantitative estimate of drug-likeness (QED) is 0.784. The summed E-state index contributed by atoms with van der Waals surface area (Å²) in [6.07, 6.45) is 1.82. The van der Waals surface area contributed by atoms with Crippen LogP contribution in [0.15, 0.2) is 24.3 Å².